The minimum atomic E-state index is -0.201. The van der Waals surface area contributed by atoms with Gasteiger partial charge < -0.3 is 10.1 Å². The second-order valence-corrected chi connectivity index (χ2v) is 7.88. The van der Waals surface area contributed by atoms with Crippen LogP contribution < -0.4 is 5.32 Å². The van der Waals surface area contributed by atoms with E-state index in [4.69, 9.17) is 4.74 Å². The highest BCUT2D eigenvalue weighted by Crippen LogP contribution is 2.33. The number of piperidine rings is 1. The molecule has 4 nitrogen and oxygen atoms in total. The molecule has 0 aromatic heterocycles. The molecule has 1 saturated carbocycles. The maximum atomic E-state index is 13.1. The minimum Gasteiger partial charge on any atom is -0.376 e. The molecule has 1 amide bonds. The van der Waals surface area contributed by atoms with Gasteiger partial charge >= 0.3 is 0 Å². The average molecular weight is 346 g/mol. The van der Waals surface area contributed by atoms with Gasteiger partial charge in [-0.15, -0.1) is 0 Å². The quantitative estimate of drug-likeness (QED) is 0.891. The van der Waals surface area contributed by atoms with E-state index < -0.39 is 0 Å². The third-order valence-corrected chi connectivity index (χ3v) is 5.68. The van der Waals surface area contributed by atoms with Gasteiger partial charge in [-0.1, -0.05) is 12.1 Å². The average Bonchev–Trinajstić information content (AvgIpc) is 3.41. The molecule has 0 radical (unpaired) electrons. The Bertz CT molecular complexity index is 602. The summed E-state index contributed by atoms with van der Waals surface area (Å²) in [7, 11) is 0. The van der Waals surface area contributed by atoms with Gasteiger partial charge in [0, 0.05) is 32.7 Å². The van der Waals surface area contributed by atoms with E-state index in [1.165, 1.54) is 25.0 Å². The van der Waals surface area contributed by atoms with Crippen molar-refractivity contribution in [2.45, 2.75) is 50.8 Å². The van der Waals surface area contributed by atoms with E-state index in [9.17, 15) is 9.18 Å². The van der Waals surface area contributed by atoms with Gasteiger partial charge in [-0.05, 0) is 55.2 Å². The number of hydrogen-bond acceptors (Lipinski definition) is 3. The summed E-state index contributed by atoms with van der Waals surface area (Å²) in [6.45, 7) is 3.37. The van der Waals surface area contributed by atoms with Crippen molar-refractivity contribution < 1.29 is 13.9 Å². The Morgan fingerprint density at radius 2 is 2.00 bits per heavy atom. The van der Waals surface area contributed by atoms with Gasteiger partial charge in [-0.25, -0.2) is 4.39 Å². The van der Waals surface area contributed by atoms with E-state index in [-0.39, 0.29) is 23.9 Å². The van der Waals surface area contributed by atoms with Gasteiger partial charge in [0.2, 0.25) is 5.91 Å². The van der Waals surface area contributed by atoms with Crippen LogP contribution in [0, 0.1) is 17.7 Å². The fourth-order valence-corrected chi connectivity index (χ4v) is 4.25. The Morgan fingerprint density at radius 3 is 2.76 bits per heavy atom. The molecule has 1 aliphatic carbocycles. The number of carbonyl (C=O) groups excluding carboxylic acids is 1. The molecule has 3 fully saturated rings. The van der Waals surface area contributed by atoms with E-state index >= 15 is 0 Å². The largest absolute Gasteiger partial charge is 0.376 e. The molecule has 5 heteroatoms. The van der Waals surface area contributed by atoms with Crippen molar-refractivity contribution >= 4 is 5.91 Å². The van der Waals surface area contributed by atoms with Crippen LogP contribution in [0.25, 0.3) is 0 Å². The summed E-state index contributed by atoms with van der Waals surface area (Å²) >= 11 is 0. The van der Waals surface area contributed by atoms with Crippen molar-refractivity contribution in [3.05, 3.63) is 35.6 Å². The van der Waals surface area contributed by atoms with Crippen molar-refractivity contribution in [2.24, 2.45) is 11.8 Å². The molecule has 25 heavy (non-hydrogen) atoms. The molecule has 0 unspecified atom stereocenters. The van der Waals surface area contributed by atoms with Crippen molar-refractivity contribution in [1.29, 1.82) is 0 Å². The predicted molar refractivity (Wildman–Crippen MR) is 93.4 cm³/mol. The zero-order valence-corrected chi connectivity index (χ0v) is 14.6. The smallest absolute Gasteiger partial charge is 0.220 e. The molecule has 0 bridgehead atoms. The second-order valence-electron chi connectivity index (χ2n) is 7.88. The summed E-state index contributed by atoms with van der Waals surface area (Å²) in [4.78, 5) is 14.7. The number of likely N-dealkylation sites (tertiary alicyclic amines) is 1. The predicted octanol–water partition coefficient (Wildman–Crippen LogP) is 2.72. The van der Waals surface area contributed by atoms with Crippen LogP contribution in [0.2, 0.25) is 0 Å². The molecule has 1 N–H and O–H groups in total. The second kappa shape index (κ2) is 7.42. The number of carbonyl (C=O) groups is 1. The molecule has 2 saturated heterocycles. The maximum absolute atomic E-state index is 13.1. The number of halogens is 1. The SMILES string of the molecule is O=C(CC1CC1)N[C@@H]1CN(Cc2ccc(F)cc2)C[C@@H]2CCCO[C@@H]21. The molecule has 4 rings (SSSR count). The van der Waals surface area contributed by atoms with Crippen molar-refractivity contribution in [3.8, 4) is 0 Å². The molecule has 0 spiro atoms. The first kappa shape index (κ1) is 17.0. The highest BCUT2D eigenvalue weighted by molar-refractivity contribution is 5.77. The number of fused-ring (bicyclic) bond motifs is 1. The first-order chi connectivity index (χ1) is 12.2. The van der Waals surface area contributed by atoms with Crippen LogP contribution in [0.1, 0.15) is 37.7 Å². The van der Waals surface area contributed by atoms with Crippen molar-refractivity contribution in [3.63, 3.8) is 0 Å². The normalized spacial score (nSPS) is 29.9. The Labute approximate surface area is 148 Å². The molecule has 3 aliphatic rings. The van der Waals surface area contributed by atoms with Crippen LogP contribution in [0.5, 0.6) is 0 Å². The Hall–Kier alpha value is -1.46. The maximum Gasteiger partial charge on any atom is 0.220 e. The molecule has 3 atom stereocenters. The monoisotopic (exact) mass is 346 g/mol. The third-order valence-electron chi connectivity index (χ3n) is 5.68. The first-order valence-electron chi connectivity index (χ1n) is 9.55. The molecule has 1 aromatic carbocycles. The Balaban J connectivity index is 1.41. The number of amides is 1. The number of benzene rings is 1. The number of nitrogens with zero attached hydrogens (tertiary/aromatic N) is 1. The van der Waals surface area contributed by atoms with E-state index in [1.807, 2.05) is 12.1 Å². The molecule has 2 heterocycles. The summed E-state index contributed by atoms with van der Waals surface area (Å²) in [5.74, 6) is 1.04. The molecule has 136 valence electrons. The number of rotatable bonds is 5. The molecule has 2 aliphatic heterocycles. The standard InChI is InChI=1S/C20H27FN2O2/c21-17-7-5-15(6-8-17)11-23-12-16-2-1-9-25-20(16)18(13-23)22-19(24)10-14-3-4-14/h5-8,14,16,18,20H,1-4,9-13H2,(H,22,24)/t16-,18+,20-/m0/s1. The van der Waals surface area contributed by atoms with Gasteiger partial charge in [-0.2, -0.15) is 0 Å². The lowest BCUT2D eigenvalue weighted by atomic mass is 9.85. The Kier molecular flexibility index (Phi) is 5.04. The zero-order chi connectivity index (χ0) is 17.2. The number of ether oxygens (including phenoxy) is 1. The molecular weight excluding hydrogens is 319 g/mol. The summed E-state index contributed by atoms with van der Waals surface area (Å²) in [5, 5.41) is 3.25. The highest BCUT2D eigenvalue weighted by Gasteiger charge is 2.40. The fourth-order valence-electron chi connectivity index (χ4n) is 4.25. The van der Waals surface area contributed by atoms with E-state index in [1.54, 1.807) is 0 Å². The fraction of sp³-hybridized carbons (Fsp3) is 0.650. The first-order valence-corrected chi connectivity index (χ1v) is 9.55. The summed E-state index contributed by atoms with van der Waals surface area (Å²) < 4.78 is 19.2. The summed E-state index contributed by atoms with van der Waals surface area (Å²) in [6.07, 6.45) is 5.43. The van der Waals surface area contributed by atoms with Gasteiger partial charge in [0.15, 0.2) is 0 Å². The number of nitrogens with one attached hydrogen (secondary N) is 1. The van der Waals surface area contributed by atoms with E-state index in [2.05, 4.69) is 10.2 Å². The van der Waals surface area contributed by atoms with E-state index in [0.717, 1.165) is 44.6 Å². The van der Waals surface area contributed by atoms with Crippen LogP contribution in [0.15, 0.2) is 24.3 Å². The van der Waals surface area contributed by atoms with Gasteiger partial charge in [0.25, 0.3) is 0 Å². The lowest BCUT2D eigenvalue weighted by molar-refractivity contribution is -0.128. The van der Waals surface area contributed by atoms with E-state index in [0.29, 0.717) is 18.3 Å². The number of hydrogen-bond donors (Lipinski definition) is 1. The molecular formula is C20H27FN2O2. The zero-order valence-electron chi connectivity index (χ0n) is 14.6. The van der Waals surface area contributed by atoms with Crippen molar-refractivity contribution in [1.82, 2.24) is 10.2 Å². The van der Waals surface area contributed by atoms with Crippen LogP contribution in [-0.4, -0.2) is 42.6 Å². The van der Waals surface area contributed by atoms with Crippen LogP contribution in [0.3, 0.4) is 0 Å². The van der Waals surface area contributed by atoms with Gasteiger partial charge in [-0.3, -0.25) is 9.69 Å². The third kappa shape index (κ3) is 4.39. The lowest BCUT2D eigenvalue weighted by Crippen LogP contribution is -2.60. The Morgan fingerprint density at radius 1 is 1.20 bits per heavy atom. The summed E-state index contributed by atoms with van der Waals surface area (Å²) in [5.41, 5.74) is 1.11. The minimum absolute atomic E-state index is 0.0609. The highest BCUT2D eigenvalue weighted by atomic mass is 19.1. The van der Waals surface area contributed by atoms with Crippen LogP contribution >= 0.6 is 0 Å². The molecule has 1 aromatic rings. The topological polar surface area (TPSA) is 41.6 Å². The summed E-state index contributed by atoms with van der Waals surface area (Å²) in [6, 6.07) is 6.78. The van der Waals surface area contributed by atoms with Gasteiger partial charge in [0.1, 0.15) is 5.82 Å². The van der Waals surface area contributed by atoms with Gasteiger partial charge in [0.05, 0.1) is 12.1 Å². The van der Waals surface area contributed by atoms with Crippen LogP contribution in [-0.2, 0) is 16.1 Å². The van der Waals surface area contributed by atoms with Crippen molar-refractivity contribution in [2.75, 3.05) is 19.7 Å². The lowest BCUT2D eigenvalue weighted by Gasteiger charge is -2.46. The van der Waals surface area contributed by atoms with Crippen LogP contribution in [0.4, 0.5) is 4.39 Å².